The molecule has 25 heavy (non-hydrogen) atoms. The summed E-state index contributed by atoms with van der Waals surface area (Å²) >= 11 is 0. The first-order chi connectivity index (χ1) is 12.0. The van der Waals surface area contributed by atoms with Gasteiger partial charge in [-0.3, -0.25) is 0 Å². The molecule has 1 aliphatic heterocycles. The van der Waals surface area contributed by atoms with Crippen molar-refractivity contribution in [3.8, 4) is 0 Å². The van der Waals surface area contributed by atoms with E-state index in [9.17, 15) is 13.0 Å². The molecule has 4 nitrogen and oxygen atoms in total. The highest BCUT2D eigenvalue weighted by atomic mass is 32.2. The van der Waals surface area contributed by atoms with E-state index in [1.165, 1.54) is 38.5 Å². The lowest BCUT2D eigenvalue weighted by Crippen LogP contribution is -2.50. The number of rotatable bonds is 1. The largest absolute Gasteiger partial charge is 0.748 e. The van der Waals surface area contributed by atoms with Crippen LogP contribution in [0.5, 0.6) is 0 Å². The summed E-state index contributed by atoms with van der Waals surface area (Å²) in [4.78, 5) is 0. The average molecular weight is 374 g/mol. The Bertz CT molecular complexity index is 454. The van der Waals surface area contributed by atoms with Gasteiger partial charge in [0.25, 0.3) is 0 Å². The van der Waals surface area contributed by atoms with E-state index >= 15 is 0 Å². The van der Waals surface area contributed by atoms with Crippen molar-refractivity contribution >= 4 is 10.1 Å². The third kappa shape index (κ3) is 7.18. The molecule has 1 unspecified atom stereocenters. The monoisotopic (exact) mass is 373 g/mol. The minimum atomic E-state index is -4.33. The molecule has 2 rings (SSSR count). The van der Waals surface area contributed by atoms with Crippen LogP contribution in [0, 0.1) is 0 Å². The van der Waals surface area contributed by atoms with Gasteiger partial charge in [-0.25, -0.2) is 8.42 Å². The molecule has 148 valence electrons. The van der Waals surface area contributed by atoms with Gasteiger partial charge in [-0.2, -0.15) is 0 Å². The molecule has 5 heteroatoms. The fourth-order valence-corrected chi connectivity index (χ4v) is 5.96. The molecule has 0 aromatic carbocycles. The molecule has 0 aromatic rings. The lowest BCUT2D eigenvalue weighted by Gasteiger charge is -2.44. The molecule has 2 aliphatic rings. The Morgan fingerprint density at radius 3 is 1.64 bits per heavy atom. The zero-order valence-corrected chi connectivity index (χ0v) is 16.7. The van der Waals surface area contributed by atoms with Gasteiger partial charge in [0, 0.05) is 6.61 Å². The van der Waals surface area contributed by atoms with Crippen LogP contribution in [0.2, 0.25) is 0 Å². The molecule has 1 heterocycles. The third-order valence-corrected chi connectivity index (χ3v) is 7.50. The topological polar surface area (TPSA) is 66.4 Å². The molecular weight excluding hydrogens is 336 g/mol. The zero-order chi connectivity index (χ0) is 18.0. The lowest BCUT2D eigenvalue weighted by molar-refractivity contribution is -0.0765. The Labute approximate surface area is 154 Å². The summed E-state index contributed by atoms with van der Waals surface area (Å²) < 4.78 is 42.4. The van der Waals surface area contributed by atoms with Crippen molar-refractivity contribution in [3.63, 3.8) is 0 Å². The van der Waals surface area contributed by atoms with Crippen molar-refractivity contribution < 1.29 is 17.7 Å². The van der Waals surface area contributed by atoms with Crippen LogP contribution in [-0.4, -0.2) is 30.4 Å². The molecular formula is C20H37O4S-. The van der Waals surface area contributed by atoms with E-state index in [4.69, 9.17) is 4.74 Å². The quantitative estimate of drug-likeness (QED) is 0.584. The maximum Gasteiger partial charge on any atom is 0.100 e. The summed E-state index contributed by atoms with van der Waals surface area (Å²) in [6.45, 7) is 0.603. The van der Waals surface area contributed by atoms with E-state index < -0.39 is 21.0 Å². The molecule has 1 aliphatic carbocycles. The second kappa shape index (κ2) is 10.9. The van der Waals surface area contributed by atoms with Crippen LogP contribution in [0.25, 0.3) is 0 Å². The van der Waals surface area contributed by atoms with E-state index in [2.05, 4.69) is 0 Å². The van der Waals surface area contributed by atoms with Crippen LogP contribution < -0.4 is 0 Å². The van der Waals surface area contributed by atoms with E-state index in [-0.39, 0.29) is 0 Å². The highest BCUT2D eigenvalue weighted by Crippen LogP contribution is 2.39. The molecule has 0 N–H and O–H groups in total. The van der Waals surface area contributed by atoms with Crippen LogP contribution >= 0.6 is 0 Å². The molecule has 0 radical (unpaired) electrons. The van der Waals surface area contributed by atoms with Crippen LogP contribution in [0.3, 0.4) is 0 Å². The van der Waals surface area contributed by atoms with Gasteiger partial charge in [0.05, 0.1) is 10.9 Å². The zero-order valence-electron chi connectivity index (χ0n) is 15.8. The second-order valence-electron chi connectivity index (χ2n) is 8.13. The van der Waals surface area contributed by atoms with Gasteiger partial charge in [0.2, 0.25) is 0 Å². The summed E-state index contributed by atoms with van der Waals surface area (Å²) in [5.41, 5.74) is -0.712. The van der Waals surface area contributed by atoms with Gasteiger partial charge in [-0.15, -0.1) is 0 Å². The fraction of sp³-hybridized carbons (Fsp3) is 1.00. The normalized spacial score (nSPS) is 28.6. The summed E-state index contributed by atoms with van der Waals surface area (Å²) in [5.74, 6) is 0. The van der Waals surface area contributed by atoms with Crippen LogP contribution in [0.4, 0.5) is 0 Å². The van der Waals surface area contributed by atoms with Crippen molar-refractivity contribution in [2.75, 3.05) is 6.61 Å². The standard InChI is InChI=1S/C20H38O4S/c21-25(22,23)19-15-11-8-6-4-2-1-3-5-7-9-14-18-24-20(19)16-12-10-13-17-20/h19H,1-18H2,(H,21,22,23)/p-1. The molecule has 0 aromatic heterocycles. The number of hydrogen-bond donors (Lipinski definition) is 0. The predicted octanol–water partition coefficient (Wildman–Crippen LogP) is 5.31. The predicted molar refractivity (Wildman–Crippen MR) is 101 cm³/mol. The van der Waals surface area contributed by atoms with Crippen molar-refractivity contribution in [3.05, 3.63) is 0 Å². The molecule has 1 saturated heterocycles. The van der Waals surface area contributed by atoms with Crippen molar-refractivity contribution in [2.45, 2.75) is 120 Å². The molecule has 0 bridgehead atoms. The van der Waals surface area contributed by atoms with Gasteiger partial charge in [0.1, 0.15) is 10.1 Å². The van der Waals surface area contributed by atoms with Crippen molar-refractivity contribution in [1.29, 1.82) is 0 Å². The van der Waals surface area contributed by atoms with Crippen LogP contribution in [0.15, 0.2) is 0 Å². The Morgan fingerprint density at radius 1 is 0.680 bits per heavy atom. The lowest BCUT2D eigenvalue weighted by atomic mass is 9.80. The van der Waals surface area contributed by atoms with E-state index in [0.717, 1.165) is 64.2 Å². The highest BCUT2D eigenvalue weighted by molar-refractivity contribution is 7.86. The fourth-order valence-electron chi connectivity index (χ4n) is 4.68. The average Bonchev–Trinajstić information content (AvgIpc) is 2.57. The van der Waals surface area contributed by atoms with Gasteiger partial charge in [-0.05, 0) is 25.7 Å². The van der Waals surface area contributed by atoms with Gasteiger partial charge in [0.15, 0.2) is 0 Å². The first-order valence-electron chi connectivity index (χ1n) is 10.6. The Hall–Kier alpha value is -0.130. The van der Waals surface area contributed by atoms with Gasteiger partial charge >= 0.3 is 0 Å². The molecule has 1 saturated carbocycles. The molecule has 0 amide bonds. The SMILES string of the molecule is O=S(=O)([O-])C1CCCCCCCCCCCCCOC12CCCCC2. The third-order valence-electron chi connectivity index (χ3n) is 6.14. The summed E-state index contributed by atoms with van der Waals surface area (Å²) in [6.07, 6.45) is 17.9. The van der Waals surface area contributed by atoms with E-state index in [1.807, 2.05) is 0 Å². The number of hydrogen-bond acceptors (Lipinski definition) is 4. The number of ether oxygens (including phenoxy) is 1. The first kappa shape index (κ1) is 21.2. The molecule has 1 spiro atoms. The van der Waals surface area contributed by atoms with Crippen molar-refractivity contribution in [1.82, 2.24) is 0 Å². The molecule has 1 atom stereocenters. The Balaban J connectivity index is 2.06. The highest BCUT2D eigenvalue weighted by Gasteiger charge is 2.43. The maximum absolute atomic E-state index is 12.1. The second-order valence-corrected chi connectivity index (χ2v) is 9.69. The summed E-state index contributed by atoms with van der Waals surface area (Å²) in [5, 5.41) is -0.854. The van der Waals surface area contributed by atoms with Crippen LogP contribution in [0.1, 0.15) is 109 Å². The minimum Gasteiger partial charge on any atom is -0.748 e. The Morgan fingerprint density at radius 2 is 1.12 bits per heavy atom. The van der Waals surface area contributed by atoms with Crippen molar-refractivity contribution in [2.24, 2.45) is 0 Å². The smallest absolute Gasteiger partial charge is 0.100 e. The van der Waals surface area contributed by atoms with E-state index in [0.29, 0.717) is 13.0 Å². The van der Waals surface area contributed by atoms with Gasteiger partial charge < -0.3 is 9.29 Å². The summed E-state index contributed by atoms with van der Waals surface area (Å²) in [7, 11) is -4.33. The van der Waals surface area contributed by atoms with E-state index in [1.54, 1.807) is 0 Å². The minimum absolute atomic E-state index is 0.478. The Kier molecular flexibility index (Phi) is 9.22. The molecule has 2 fully saturated rings. The maximum atomic E-state index is 12.1. The first-order valence-corrected chi connectivity index (χ1v) is 12.1. The van der Waals surface area contributed by atoms with Gasteiger partial charge in [-0.1, -0.05) is 83.5 Å². The summed E-state index contributed by atoms with van der Waals surface area (Å²) in [6, 6.07) is 0. The van der Waals surface area contributed by atoms with Crippen LogP contribution in [-0.2, 0) is 14.9 Å².